The van der Waals surface area contributed by atoms with Gasteiger partial charge in [-0.05, 0) is 11.6 Å². The lowest BCUT2D eigenvalue weighted by atomic mass is 10.1. The smallest absolute Gasteiger partial charge is 0.391 e. The first kappa shape index (κ1) is 17.2. The lowest BCUT2D eigenvalue weighted by Crippen LogP contribution is -2.30. The monoisotopic (exact) mass is 310 g/mol. The second kappa shape index (κ2) is 7.26. The lowest BCUT2D eigenvalue weighted by Gasteiger charge is -2.14. The van der Waals surface area contributed by atoms with Crippen LogP contribution in [0.2, 0.25) is 0 Å². The highest BCUT2D eigenvalue weighted by molar-refractivity contribution is 5.85. The molecule has 3 nitrogen and oxygen atoms in total. The topological polar surface area (TPSA) is 44.3 Å². The summed E-state index contributed by atoms with van der Waals surface area (Å²) in [6.45, 7) is 2.27. The van der Waals surface area contributed by atoms with Gasteiger partial charge in [0.1, 0.15) is 0 Å². The Labute approximate surface area is 122 Å². The van der Waals surface area contributed by atoms with Crippen molar-refractivity contribution in [2.75, 3.05) is 19.6 Å². The molecule has 1 saturated heterocycles. The van der Waals surface area contributed by atoms with Gasteiger partial charge in [-0.1, -0.05) is 18.2 Å². The zero-order valence-corrected chi connectivity index (χ0v) is 11.6. The Morgan fingerprint density at radius 1 is 1.30 bits per heavy atom. The summed E-state index contributed by atoms with van der Waals surface area (Å²) in [7, 11) is 0. The van der Waals surface area contributed by atoms with Crippen molar-refractivity contribution in [3.63, 3.8) is 0 Å². The third kappa shape index (κ3) is 4.63. The van der Waals surface area contributed by atoms with Crippen LogP contribution in [0.25, 0.3) is 0 Å². The summed E-state index contributed by atoms with van der Waals surface area (Å²) >= 11 is 0. The minimum Gasteiger partial charge on any atom is -0.391 e. The van der Waals surface area contributed by atoms with Crippen molar-refractivity contribution in [2.24, 2.45) is 5.92 Å². The highest BCUT2D eigenvalue weighted by atomic mass is 35.5. The number of rotatable bonds is 4. The first-order valence-corrected chi connectivity index (χ1v) is 6.22. The minimum atomic E-state index is -4.30. The van der Waals surface area contributed by atoms with E-state index < -0.39 is 11.7 Å². The Kier molecular flexibility index (Phi) is 6.26. The molecule has 0 aliphatic carbocycles. The number of aliphatic hydroxyl groups is 1. The zero-order valence-electron chi connectivity index (χ0n) is 10.8. The van der Waals surface area contributed by atoms with Gasteiger partial charge in [-0.3, -0.25) is 0 Å². The molecule has 20 heavy (non-hydrogen) atoms. The summed E-state index contributed by atoms with van der Waals surface area (Å²) in [5, 5.41) is 15.7. The molecule has 0 radical (unpaired) electrons. The maximum Gasteiger partial charge on any atom is 0.416 e. The van der Waals surface area contributed by atoms with Crippen LogP contribution in [0.4, 0.5) is 13.2 Å². The van der Waals surface area contributed by atoms with E-state index in [1.165, 1.54) is 6.07 Å². The van der Waals surface area contributed by atoms with Gasteiger partial charge in [0.15, 0.2) is 0 Å². The summed E-state index contributed by atoms with van der Waals surface area (Å²) in [5.74, 6) is 0.116. The Morgan fingerprint density at radius 2 is 2.05 bits per heavy atom. The van der Waals surface area contributed by atoms with Gasteiger partial charge in [-0.15, -0.1) is 12.4 Å². The van der Waals surface area contributed by atoms with Crippen LogP contribution in [0.15, 0.2) is 24.3 Å². The Morgan fingerprint density at radius 3 is 2.65 bits per heavy atom. The number of β-amino-alcohol motifs (C(OH)–C–C–N with tert-alkyl or cyclic N) is 1. The van der Waals surface area contributed by atoms with Gasteiger partial charge in [0.2, 0.25) is 0 Å². The fourth-order valence-electron chi connectivity index (χ4n) is 2.19. The number of hydrogen-bond acceptors (Lipinski definition) is 3. The molecule has 1 aliphatic heterocycles. The first-order chi connectivity index (χ1) is 8.97. The Balaban J connectivity index is 0.00000200. The van der Waals surface area contributed by atoms with Gasteiger partial charge < -0.3 is 15.7 Å². The van der Waals surface area contributed by atoms with E-state index in [0.29, 0.717) is 25.2 Å². The predicted octanol–water partition coefficient (Wildman–Crippen LogP) is 1.80. The van der Waals surface area contributed by atoms with Crippen molar-refractivity contribution in [2.45, 2.75) is 18.8 Å². The SMILES string of the molecule is Cl.OC1CNCC1CNCc1cccc(C(F)(F)F)c1. The number of benzene rings is 1. The summed E-state index contributed by atoms with van der Waals surface area (Å²) in [4.78, 5) is 0. The van der Waals surface area contributed by atoms with Crippen LogP contribution in [0.5, 0.6) is 0 Å². The third-order valence-electron chi connectivity index (χ3n) is 3.29. The molecule has 2 atom stereocenters. The number of hydrogen-bond donors (Lipinski definition) is 3. The van der Waals surface area contributed by atoms with Crippen molar-refractivity contribution >= 4 is 12.4 Å². The average molecular weight is 311 g/mol. The van der Waals surface area contributed by atoms with Crippen LogP contribution < -0.4 is 10.6 Å². The third-order valence-corrected chi connectivity index (χ3v) is 3.29. The van der Waals surface area contributed by atoms with Gasteiger partial charge in [-0.25, -0.2) is 0 Å². The van der Waals surface area contributed by atoms with Gasteiger partial charge in [-0.2, -0.15) is 13.2 Å². The van der Waals surface area contributed by atoms with Crippen LogP contribution in [-0.4, -0.2) is 30.8 Å². The molecule has 2 rings (SSSR count). The second-order valence-corrected chi connectivity index (χ2v) is 4.81. The molecule has 0 saturated carbocycles. The molecular formula is C13H18ClF3N2O. The fraction of sp³-hybridized carbons (Fsp3) is 0.538. The molecule has 1 heterocycles. The maximum absolute atomic E-state index is 12.5. The molecule has 1 aliphatic rings. The first-order valence-electron chi connectivity index (χ1n) is 6.22. The fourth-order valence-corrected chi connectivity index (χ4v) is 2.19. The number of halogens is 4. The van der Waals surface area contributed by atoms with Crippen LogP contribution >= 0.6 is 12.4 Å². The van der Waals surface area contributed by atoms with Crippen molar-refractivity contribution in [1.82, 2.24) is 10.6 Å². The van der Waals surface area contributed by atoms with Gasteiger partial charge in [0.05, 0.1) is 11.7 Å². The quantitative estimate of drug-likeness (QED) is 0.794. The molecule has 0 aromatic heterocycles. The number of aliphatic hydroxyl groups excluding tert-OH is 1. The largest absolute Gasteiger partial charge is 0.416 e. The van der Waals surface area contributed by atoms with Crippen molar-refractivity contribution in [1.29, 1.82) is 0 Å². The van der Waals surface area contributed by atoms with E-state index in [0.717, 1.165) is 18.7 Å². The Hall–Kier alpha value is -0.820. The van der Waals surface area contributed by atoms with Gasteiger partial charge in [0.25, 0.3) is 0 Å². The van der Waals surface area contributed by atoms with Crippen LogP contribution in [0, 0.1) is 5.92 Å². The average Bonchev–Trinajstić information content (AvgIpc) is 2.75. The molecule has 0 bridgehead atoms. The molecule has 1 aromatic rings. The predicted molar refractivity (Wildman–Crippen MR) is 72.8 cm³/mol. The molecule has 7 heteroatoms. The lowest BCUT2D eigenvalue weighted by molar-refractivity contribution is -0.137. The van der Waals surface area contributed by atoms with E-state index in [1.807, 2.05) is 0 Å². The van der Waals surface area contributed by atoms with E-state index in [1.54, 1.807) is 6.07 Å². The van der Waals surface area contributed by atoms with E-state index >= 15 is 0 Å². The molecule has 114 valence electrons. The van der Waals surface area contributed by atoms with Crippen LogP contribution in [0.1, 0.15) is 11.1 Å². The highest BCUT2D eigenvalue weighted by Crippen LogP contribution is 2.29. The summed E-state index contributed by atoms with van der Waals surface area (Å²) in [6.07, 6.45) is -4.68. The van der Waals surface area contributed by atoms with E-state index in [-0.39, 0.29) is 24.4 Å². The summed E-state index contributed by atoms with van der Waals surface area (Å²) < 4.78 is 37.6. The highest BCUT2D eigenvalue weighted by Gasteiger charge is 2.30. The van der Waals surface area contributed by atoms with Crippen molar-refractivity contribution < 1.29 is 18.3 Å². The number of alkyl halides is 3. The number of nitrogens with one attached hydrogen (secondary N) is 2. The maximum atomic E-state index is 12.5. The van der Waals surface area contributed by atoms with Crippen LogP contribution in [-0.2, 0) is 12.7 Å². The van der Waals surface area contributed by atoms with E-state index in [9.17, 15) is 18.3 Å². The van der Waals surface area contributed by atoms with E-state index in [4.69, 9.17) is 0 Å². The molecule has 1 aromatic carbocycles. The second-order valence-electron chi connectivity index (χ2n) is 4.81. The molecule has 0 amide bonds. The Bertz CT molecular complexity index is 428. The summed E-state index contributed by atoms with van der Waals surface area (Å²) in [5.41, 5.74) is -0.0374. The normalized spacial score (nSPS) is 22.6. The van der Waals surface area contributed by atoms with E-state index in [2.05, 4.69) is 10.6 Å². The molecular weight excluding hydrogens is 293 g/mol. The van der Waals surface area contributed by atoms with Gasteiger partial charge >= 0.3 is 6.18 Å². The molecule has 0 spiro atoms. The zero-order chi connectivity index (χ0) is 13.9. The van der Waals surface area contributed by atoms with Gasteiger partial charge in [0, 0.05) is 32.1 Å². The standard InChI is InChI=1S/C13H17F3N2O.ClH/c14-13(15,16)11-3-1-2-9(4-11)5-17-6-10-7-18-8-12(10)19;/h1-4,10,12,17-19H,5-8H2;1H. The molecule has 1 fully saturated rings. The molecule has 2 unspecified atom stereocenters. The van der Waals surface area contributed by atoms with Crippen LogP contribution in [0.3, 0.4) is 0 Å². The van der Waals surface area contributed by atoms with Crippen molar-refractivity contribution in [3.05, 3.63) is 35.4 Å². The molecule has 3 N–H and O–H groups in total. The minimum absolute atomic E-state index is 0. The van der Waals surface area contributed by atoms with Crippen molar-refractivity contribution in [3.8, 4) is 0 Å². The summed E-state index contributed by atoms with van der Waals surface area (Å²) in [6, 6.07) is 5.28.